The first kappa shape index (κ1) is 8.84. The van der Waals surface area contributed by atoms with Crippen LogP contribution in [0.2, 0.25) is 0 Å². The van der Waals surface area contributed by atoms with Crippen LogP contribution in [0.4, 0.5) is 8.78 Å². The Balaban J connectivity index is 3.21. The lowest BCUT2D eigenvalue weighted by molar-refractivity contribution is 0.110. The fourth-order valence-electron chi connectivity index (χ4n) is 0.990. The van der Waals surface area contributed by atoms with Crippen molar-refractivity contribution in [2.24, 2.45) is 0 Å². The van der Waals surface area contributed by atoms with Gasteiger partial charge in [-0.3, -0.25) is 4.79 Å². The maximum atomic E-state index is 12.2. The quantitative estimate of drug-likeness (QED) is 0.623. The van der Waals surface area contributed by atoms with Gasteiger partial charge in [-0.25, -0.2) is 8.78 Å². The van der Waals surface area contributed by atoms with Gasteiger partial charge in [0.25, 0.3) is 6.43 Å². The van der Waals surface area contributed by atoms with Gasteiger partial charge in [-0.1, -0.05) is 17.7 Å². The van der Waals surface area contributed by atoms with Crippen LogP contribution in [0.5, 0.6) is 0 Å². The van der Waals surface area contributed by atoms with Gasteiger partial charge in [0.05, 0.1) is 0 Å². The van der Waals surface area contributed by atoms with Crippen molar-refractivity contribution in [1.29, 1.82) is 0 Å². The molecule has 1 aromatic carbocycles. The van der Waals surface area contributed by atoms with Gasteiger partial charge >= 0.3 is 0 Å². The van der Waals surface area contributed by atoms with Gasteiger partial charge in [0.2, 0.25) is 0 Å². The van der Waals surface area contributed by atoms with Crippen LogP contribution in [0.1, 0.15) is 27.9 Å². The number of rotatable bonds is 2. The molecule has 0 N–H and O–H groups in total. The SMILES string of the molecule is Cc1ccc(C=O)c(C(F)F)c1. The highest BCUT2D eigenvalue weighted by atomic mass is 19.3. The minimum atomic E-state index is -2.58. The Labute approximate surface area is 69.0 Å². The Morgan fingerprint density at radius 3 is 2.58 bits per heavy atom. The van der Waals surface area contributed by atoms with Crippen LogP contribution in [0, 0.1) is 6.92 Å². The number of hydrogen-bond donors (Lipinski definition) is 0. The molecule has 0 aliphatic rings. The molecular weight excluding hydrogens is 162 g/mol. The Bertz CT molecular complexity index is 295. The summed E-state index contributed by atoms with van der Waals surface area (Å²) in [5.74, 6) is 0. The molecule has 0 aliphatic heterocycles. The molecule has 0 radical (unpaired) electrons. The molecule has 0 aromatic heterocycles. The zero-order valence-corrected chi connectivity index (χ0v) is 6.55. The van der Waals surface area contributed by atoms with Gasteiger partial charge in [-0.15, -0.1) is 0 Å². The fraction of sp³-hybridized carbons (Fsp3) is 0.222. The number of carbonyl (C=O) groups is 1. The van der Waals surface area contributed by atoms with E-state index in [2.05, 4.69) is 0 Å². The molecule has 0 bridgehead atoms. The van der Waals surface area contributed by atoms with Crippen LogP contribution in [0.25, 0.3) is 0 Å². The van der Waals surface area contributed by atoms with Crippen molar-refractivity contribution in [3.8, 4) is 0 Å². The summed E-state index contributed by atoms with van der Waals surface area (Å²) in [6, 6.07) is 4.37. The van der Waals surface area contributed by atoms with Gasteiger partial charge < -0.3 is 0 Å². The lowest BCUT2D eigenvalue weighted by Crippen LogP contribution is -1.93. The van der Waals surface area contributed by atoms with Crippen LogP contribution in [-0.2, 0) is 0 Å². The van der Waals surface area contributed by atoms with E-state index in [1.54, 1.807) is 13.0 Å². The molecule has 1 rings (SSSR count). The summed E-state index contributed by atoms with van der Waals surface area (Å²) in [5.41, 5.74) is 0.608. The number of carbonyl (C=O) groups excluding carboxylic acids is 1. The van der Waals surface area contributed by atoms with E-state index in [9.17, 15) is 13.6 Å². The van der Waals surface area contributed by atoms with Crippen molar-refractivity contribution in [3.05, 3.63) is 34.9 Å². The number of hydrogen-bond acceptors (Lipinski definition) is 1. The van der Waals surface area contributed by atoms with Crippen molar-refractivity contribution in [2.45, 2.75) is 13.3 Å². The number of aryl methyl sites for hydroxylation is 1. The van der Waals surface area contributed by atoms with E-state index < -0.39 is 6.43 Å². The summed E-state index contributed by atoms with van der Waals surface area (Å²) in [6.07, 6.45) is -2.13. The first-order valence-corrected chi connectivity index (χ1v) is 3.49. The maximum absolute atomic E-state index is 12.2. The summed E-state index contributed by atoms with van der Waals surface area (Å²) < 4.78 is 24.5. The minimum absolute atomic E-state index is 0.0654. The molecule has 0 spiro atoms. The molecule has 0 fully saturated rings. The van der Waals surface area contributed by atoms with Crippen LogP contribution in [-0.4, -0.2) is 6.29 Å². The van der Waals surface area contributed by atoms with Gasteiger partial charge in [0, 0.05) is 11.1 Å². The van der Waals surface area contributed by atoms with Crippen molar-refractivity contribution in [1.82, 2.24) is 0 Å². The maximum Gasteiger partial charge on any atom is 0.264 e. The molecule has 12 heavy (non-hydrogen) atoms. The summed E-state index contributed by atoms with van der Waals surface area (Å²) in [7, 11) is 0. The standard InChI is InChI=1S/C9H8F2O/c1-6-2-3-7(5-12)8(4-6)9(10)11/h2-5,9H,1H3. The molecule has 1 aromatic rings. The molecule has 0 unspecified atom stereocenters. The second kappa shape index (κ2) is 3.43. The van der Waals surface area contributed by atoms with E-state index >= 15 is 0 Å². The molecule has 0 atom stereocenters. The third-order valence-corrected chi connectivity index (χ3v) is 1.60. The predicted molar refractivity (Wildman–Crippen MR) is 41.5 cm³/mol. The highest BCUT2D eigenvalue weighted by Crippen LogP contribution is 2.22. The molecule has 64 valence electrons. The largest absolute Gasteiger partial charge is 0.298 e. The average Bonchev–Trinajstić information content (AvgIpc) is 2.04. The molecule has 0 amide bonds. The predicted octanol–water partition coefficient (Wildman–Crippen LogP) is 2.75. The van der Waals surface area contributed by atoms with E-state index in [0.29, 0.717) is 6.29 Å². The van der Waals surface area contributed by atoms with Crippen molar-refractivity contribution < 1.29 is 13.6 Å². The van der Waals surface area contributed by atoms with Gasteiger partial charge in [-0.05, 0) is 13.0 Å². The first-order valence-electron chi connectivity index (χ1n) is 3.49. The van der Waals surface area contributed by atoms with Crippen LogP contribution < -0.4 is 0 Å². The lowest BCUT2D eigenvalue weighted by atomic mass is 10.1. The highest BCUT2D eigenvalue weighted by molar-refractivity contribution is 5.77. The second-order valence-corrected chi connectivity index (χ2v) is 2.55. The molecule has 0 saturated carbocycles. The third kappa shape index (κ3) is 1.67. The molecular formula is C9H8F2O. The van der Waals surface area contributed by atoms with Crippen LogP contribution in [0.15, 0.2) is 18.2 Å². The second-order valence-electron chi connectivity index (χ2n) is 2.55. The number of halogens is 2. The number of benzene rings is 1. The van der Waals surface area contributed by atoms with E-state index in [1.165, 1.54) is 12.1 Å². The van der Waals surface area contributed by atoms with Crippen LogP contribution in [0.3, 0.4) is 0 Å². The van der Waals surface area contributed by atoms with E-state index in [1.807, 2.05) is 0 Å². The minimum Gasteiger partial charge on any atom is -0.298 e. The van der Waals surface area contributed by atoms with E-state index in [4.69, 9.17) is 0 Å². The average molecular weight is 170 g/mol. The molecule has 0 aliphatic carbocycles. The summed E-state index contributed by atoms with van der Waals surface area (Å²) >= 11 is 0. The summed E-state index contributed by atoms with van der Waals surface area (Å²) in [6.45, 7) is 1.71. The summed E-state index contributed by atoms with van der Waals surface area (Å²) in [5, 5.41) is 0. The highest BCUT2D eigenvalue weighted by Gasteiger charge is 2.11. The molecule has 0 saturated heterocycles. The van der Waals surface area contributed by atoms with Gasteiger partial charge in [0.15, 0.2) is 6.29 Å². The summed E-state index contributed by atoms with van der Waals surface area (Å²) in [4.78, 5) is 10.3. The van der Waals surface area contributed by atoms with Gasteiger partial charge in [0.1, 0.15) is 0 Å². The zero-order valence-electron chi connectivity index (χ0n) is 6.55. The molecule has 1 nitrogen and oxygen atoms in total. The van der Waals surface area contributed by atoms with Crippen molar-refractivity contribution in [3.63, 3.8) is 0 Å². The number of alkyl halides is 2. The topological polar surface area (TPSA) is 17.1 Å². The lowest BCUT2D eigenvalue weighted by Gasteiger charge is -2.03. The first-order chi connectivity index (χ1) is 5.65. The Morgan fingerprint density at radius 2 is 2.08 bits per heavy atom. The van der Waals surface area contributed by atoms with Crippen molar-refractivity contribution in [2.75, 3.05) is 0 Å². The third-order valence-electron chi connectivity index (χ3n) is 1.60. The zero-order chi connectivity index (χ0) is 9.14. The van der Waals surface area contributed by atoms with E-state index in [-0.39, 0.29) is 11.1 Å². The Hall–Kier alpha value is -1.25. The monoisotopic (exact) mass is 170 g/mol. The Morgan fingerprint density at radius 1 is 1.42 bits per heavy atom. The normalized spacial score (nSPS) is 10.3. The van der Waals surface area contributed by atoms with Crippen LogP contribution >= 0.6 is 0 Å². The van der Waals surface area contributed by atoms with Crippen molar-refractivity contribution >= 4 is 6.29 Å². The van der Waals surface area contributed by atoms with Gasteiger partial charge in [-0.2, -0.15) is 0 Å². The molecule has 3 heteroatoms. The number of aldehydes is 1. The van der Waals surface area contributed by atoms with E-state index in [0.717, 1.165) is 5.56 Å². The smallest absolute Gasteiger partial charge is 0.264 e. The Kier molecular flexibility index (Phi) is 2.53. The fourth-order valence-corrected chi connectivity index (χ4v) is 0.990. The molecule has 0 heterocycles.